The van der Waals surface area contributed by atoms with Gasteiger partial charge < -0.3 is 26.0 Å². The van der Waals surface area contributed by atoms with Crippen molar-refractivity contribution in [3.05, 3.63) is 23.9 Å². The van der Waals surface area contributed by atoms with E-state index in [4.69, 9.17) is 15.5 Å². The molecule has 1 amide bonds. The number of likely N-dealkylation sites (N-methyl/N-ethyl adjacent to an activating group) is 1. The van der Waals surface area contributed by atoms with Crippen molar-refractivity contribution in [1.29, 1.82) is 0 Å². The van der Waals surface area contributed by atoms with Gasteiger partial charge in [0, 0.05) is 67.0 Å². The zero-order valence-electron chi connectivity index (χ0n) is 25.5. The second-order valence-corrected chi connectivity index (χ2v) is 12.0. The highest BCUT2D eigenvalue weighted by Gasteiger charge is 2.46. The molecular formula is C29H54N8O2. The fraction of sp³-hybridized carbons (Fsp3) is 0.793. The second-order valence-electron chi connectivity index (χ2n) is 12.0. The number of piperazine rings is 1. The van der Waals surface area contributed by atoms with E-state index in [1.807, 2.05) is 25.1 Å². The number of hydrogen-bond donors (Lipinski definition) is 3. The van der Waals surface area contributed by atoms with E-state index in [2.05, 4.69) is 58.4 Å². The van der Waals surface area contributed by atoms with Crippen LogP contribution in [0.4, 0.5) is 0 Å². The second kappa shape index (κ2) is 14.0. The summed E-state index contributed by atoms with van der Waals surface area (Å²) in [6.45, 7) is 16.5. The fourth-order valence-electron chi connectivity index (χ4n) is 6.04. The molecule has 4 atom stereocenters. The highest BCUT2D eigenvalue weighted by molar-refractivity contribution is 5.93. The van der Waals surface area contributed by atoms with Crippen LogP contribution in [0.2, 0.25) is 0 Å². The Morgan fingerprint density at radius 3 is 2.64 bits per heavy atom. The molecule has 0 aromatic heterocycles. The highest BCUT2D eigenvalue weighted by Crippen LogP contribution is 2.42. The van der Waals surface area contributed by atoms with Crippen molar-refractivity contribution in [3.63, 3.8) is 0 Å². The number of ether oxygens (including phenoxy) is 1. The minimum atomic E-state index is -0.801. The quantitative estimate of drug-likeness (QED) is 0.282. The summed E-state index contributed by atoms with van der Waals surface area (Å²) in [6.07, 6.45) is 10.3. The Morgan fingerprint density at radius 1 is 1.33 bits per heavy atom. The van der Waals surface area contributed by atoms with Gasteiger partial charge in [-0.3, -0.25) is 24.7 Å². The molecule has 2 unspecified atom stereocenters. The van der Waals surface area contributed by atoms with Gasteiger partial charge in [0.25, 0.3) is 5.91 Å². The lowest BCUT2D eigenvalue weighted by Gasteiger charge is -2.50. The highest BCUT2D eigenvalue weighted by atomic mass is 16.5. The number of nitrogens with one attached hydrogen (secondary N) is 2. The van der Waals surface area contributed by atoms with Gasteiger partial charge in [0.05, 0.1) is 12.1 Å². The number of guanidine groups is 1. The summed E-state index contributed by atoms with van der Waals surface area (Å²) in [5, 5.41) is 10.5. The van der Waals surface area contributed by atoms with Crippen LogP contribution in [-0.4, -0.2) is 117 Å². The first-order chi connectivity index (χ1) is 18.5. The van der Waals surface area contributed by atoms with Crippen molar-refractivity contribution < 1.29 is 9.53 Å². The van der Waals surface area contributed by atoms with Gasteiger partial charge in [-0.1, -0.05) is 32.4 Å². The standard InChI is InChI=1S/C29H54N8O2/c1-23(22-36-18-16-35(17-19-36)20-21-39-7)12-14-29(4,30)33-27-32-15-9-11-25(26(38)31-5)37(34(27)6)28(3)13-8-10-24(28)2/h11-12,14,23-24H,8-10,13,15-22,30H2,1-7H3,(H,31,38)(H,32,33)/b14-12-,25-11?/t23?,24-,28?,29-/m0/s1. The molecular weight excluding hydrogens is 492 g/mol. The van der Waals surface area contributed by atoms with Crippen LogP contribution >= 0.6 is 0 Å². The van der Waals surface area contributed by atoms with Gasteiger partial charge in [-0.05, 0) is 51.0 Å². The molecule has 2 heterocycles. The minimum Gasteiger partial charge on any atom is -0.383 e. The van der Waals surface area contributed by atoms with E-state index in [0.717, 1.165) is 65.1 Å². The third kappa shape index (κ3) is 8.19. The molecule has 1 aliphatic carbocycles. The molecule has 3 aliphatic rings. The molecule has 39 heavy (non-hydrogen) atoms. The first kappa shape index (κ1) is 31.4. The first-order valence-corrected chi connectivity index (χ1v) is 14.7. The summed E-state index contributed by atoms with van der Waals surface area (Å²) in [5.74, 6) is 1.40. The van der Waals surface area contributed by atoms with E-state index >= 15 is 0 Å². The summed E-state index contributed by atoms with van der Waals surface area (Å²) in [5.41, 5.74) is 6.45. The van der Waals surface area contributed by atoms with E-state index in [1.165, 1.54) is 0 Å². The van der Waals surface area contributed by atoms with Crippen LogP contribution < -0.4 is 16.4 Å². The number of nitrogens with zero attached hydrogens (tertiary/aromatic N) is 5. The Labute approximate surface area is 236 Å². The van der Waals surface area contributed by atoms with Crippen molar-refractivity contribution in [3.8, 4) is 0 Å². The van der Waals surface area contributed by atoms with Crippen molar-refractivity contribution in [1.82, 2.24) is 30.5 Å². The first-order valence-electron chi connectivity index (χ1n) is 14.7. The van der Waals surface area contributed by atoms with Crippen LogP contribution in [0.3, 0.4) is 0 Å². The monoisotopic (exact) mass is 546 g/mol. The van der Waals surface area contributed by atoms with Crippen LogP contribution in [0.5, 0.6) is 0 Å². The number of hydrazine groups is 1. The number of rotatable bonds is 10. The Balaban J connectivity index is 1.67. The molecule has 0 bridgehead atoms. The average molecular weight is 547 g/mol. The van der Waals surface area contributed by atoms with Gasteiger partial charge in [-0.15, -0.1) is 0 Å². The zero-order chi connectivity index (χ0) is 28.6. The van der Waals surface area contributed by atoms with Crippen LogP contribution in [0, 0.1) is 11.8 Å². The van der Waals surface area contributed by atoms with E-state index in [-0.39, 0.29) is 11.4 Å². The van der Waals surface area contributed by atoms with Crippen LogP contribution in [0.1, 0.15) is 53.4 Å². The molecule has 1 saturated carbocycles. The van der Waals surface area contributed by atoms with E-state index in [1.54, 1.807) is 14.2 Å². The lowest BCUT2D eigenvalue weighted by atomic mass is 9.89. The van der Waals surface area contributed by atoms with Crippen molar-refractivity contribution in [2.24, 2.45) is 22.6 Å². The Hall–Kier alpha value is -2.14. The summed E-state index contributed by atoms with van der Waals surface area (Å²) in [4.78, 5) is 22.9. The molecule has 0 spiro atoms. The fourth-order valence-corrected chi connectivity index (χ4v) is 6.04. The van der Waals surface area contributed by atoms with Crippen LogP contribution in [-0.2, 0) is 9.53 Å². The maximum absolute atomic E-state index is 13.0. The normalized spacial score (nSPS) is 27.9. The summed E-state index contributed by atoms with van der Waals surface area (Å²) >= 11 is 0. The maximum Gasteiger partial charge on any atom is 0.268 e. The van der Waals surface area contributed by atoms with Crippen LogP contribution in [0.15, 0.2) is 28.9 Å². The summed E-state index contributed by atoms with van der Waals surface area (Å²) < 4.78 is 5.22. The molecule has 2 aliphatic heterocycles. The van der Waals surface area contributed by atoms with Crippen LogP contribution in [0.25, 0.3) is 0 Å². The summed E-state index contributed by atoms with van der Waals surface area (Å²) in [7, 11) is 5.44. The number of nitrogens with two attached hydrogens (primary N) is 1. The molecule has 10 nitrogen and oxygen atoms in total. The Morgan fingerprint density at radius 2 is 2.03 bits per heavy atom. The topological polar surface area (TPSA) is 102 Å². The van der Waals surface area contributed by atoms with Gasteiger partial charge in [-0.25, -0.2) is 0 Å². The number of amides is 1. The van der Waals surface area contributed by atoms with E-state index in [0.29, 0.717) is 36.5 Å². The van der Waals surface area contributed by atoms with Gasteiger partial charge in [0.2, 0.25) is 5.96 Å². The van der Waals surface area contributed by atoms with Crippen molar-refractivity contribution in [2.75, 3.05) is 73.6 Å². The number of methoxy groups -OCH3 is 1. The Bertz CT molecular complexity index is 896. The molecule has 3 rings (SSSR count). The average Bonchev–Trinajstić information content (AvgIpc) is 3.24. The Kier molecular flexibility index (Phi) is 11.2. The largest absolute Gasteiger partial charge is 0.383 e. The molecule has 1 saturated heterocycles. The zero-order valence-corrected chi connectivity index (χ0v) is 25.5. The molecule has 0 aromatic carbocycles. The van der Waals surface area contributed by atoms with E-state index < -0.39 is 5.66 Å². The molecule has 0 radical (unpaired) electrons. The van der Waals surface area contributed by atoms with Gasteiger partial charge in [-0.2, -0.15) is 0 Å². The third-order valence-corrected chi connectivity index (χ3v) is 8.66. The predicted octanol–water partition coefficient (Wildman–Crippen LogP) is 1.82. The third-order valence-electron chi connectivity index (χ3n) is 8.66. The number of carbonyl (C=O) groups excluding carboxylic acids is 1. The smallest absolute Gasteiger partial charge is 0.268 e. The lowest BCUT2D eigenvalue weighted by Crippen LogP contribution is -2.64. The molecule has 4 N–H and O–H groups in total. The number of carbonyl (C=O) groups is 1. The van der Waals surface area contributed by atoms with E-state index in [9.17, 15) is 4.79 Å². The van der Waals surface area contributed by atoms with Gasteiger partial charge in [0.15, 0.2) is 0 Å². The van der Waals surface area contributed by atoms with Gasteiger partial charge >= 0.3 is 0 Å². The SMILES string of the molecule is CNC(=O)C1=CCCN=C(N[C@](C)(N)/C=C\C(C)CN2CCN(CCOC)CC2)N(C)N1C1(C)CCC[C@@H]1C. The summed E-state index contributed by atoms with van der Waals surface area (Å²) in [6, 6.07) is 0. The molecule has 10 heteroatoms. The van der Waals surface area contributed by atoms with Gasteiger partial charge in [0.1, 0.15) is 11.4 Å². The molecule has 2 fully saturated rings. The molecule has 222 valence electrons. The number of hydrogen-bond acceptors (Lipinski definition) is 9. The maximum atomic E-state index is 13.0. The van der Waals surface area contributed by atoms with Crippen molar-refractivity contribution in [2.45, 2.75) is 64.6 Å². The van der Waals surface area contributed by atoms with Crippen molar-refractivity contribution >= 4 is 11.9 Å². The molecule has 0 aromatic rings. The minimum absolute atomic E-state index is 0.0767. The lowest BCUT2D eigenvalue weighted by molar-refractivity contribution is -0.123. The predicted molar refractivity (Wildman–Crippen MR) is 159 cm³/mol. The number of aliphatic imine (C=N–C) groups is 1.